The van der Waals surface area contributed by atoms with Crippen molar-refractivity contribution in [3.63, 3.8) is 0 Å². The number of pyridine rings is 2. The van der Waals surface area contributed by atoms with E-state index in [1.54, 1.807) is 0 Å². The van der Waals surface area contributed by atoms with E-state index in [0.29, 0.717) is 0 Å². The van der Waals surface area contributed by atoms with Crippen LogP contribution in [0.15, 0.2) is 83.6 Å². The van der Waals surface area contributed by atoms with Crippen LogP contribution in [0.25, 0.3) is 11.4 Å². The minimum atomic E-state index is -0.485. The van der Waals surface area contributed by atoms with Crippen LogP contribution in [-0.4, -0.2) is 9.97 Å². The minimum absolute atomic E-state index is 0.485. The fourth-order valence-corrected chi connectivity index (χ4v) is 4.86. The molecule has 0 amide bonds. The molecule has 1 aliphatic heterocycles. The summed E-state index contributed by atoms with van der Waals surface area (Å²) < 4.78 is 7.23. The monoisotopic (exact) mass is 412 g/mol. The Morgan fingerprint density at radius 2 is 1.33 bits per heavy atom. The van der Waals surface area contributed by atoms with Crippen molar-refractivity contribution in [2.24, 2.45) is 0 Å². The maximum atomic E-state index is 6.27. The fraction of sp³-hybridized carbons (Fsp3) is 0.0435. The zero-order chi connectivity index (χ0) is 18.0. The van der Waals surface area contributed by atoms with Gasteiger partial charge in [-0.3, -0.25) is 9.97 Å². The van der Waals surface area contributed by atoms with Crippen molar-refractivity contribution in [1.29, 1.82) is 0 Å². The molecule has 0 saturated carbocycles. The summed E-state index contributed by atoms with van der Waals surface area (Å²) in [5.74, 6) is 1.75. The van der Waals surface area contributed by atoms with Crippen molar-refractivity contribution >= 4 is 15.9 Å². The third-order valence-electron chi connectivity index (χ3n) is 5.50. The lowest BCUT2D eigenvalue weighted by Crippen LogP contribution is -2.32. The summed E-state index contributed by atoms with van der Waals surface area (Å²) in [6, 6.07) is 22.9. The maximum absolute atomic E-state index is 6.27. The quantitative estimate of drug-likeness (QED) is 0.320. The van der Waals surface area contributed by atoms with Crippen molar-refractivity contribution in [2.75, 3.05) is 0 Å². The molecule has 0 saturated heterocycles. The van der Waals surface area contributed by atoms with Gasteiger partial charge in [-0.1, -0.05) is 42.5 Å². The molecule has 128 valence electrons. The van der Waals surface area contributed by atoms with E-state index in [1.165, 1.54) is 0 Å². The maximum Gasteiger partial charge on any atom is 0.132 e. The highest BCUT2D eigenvalue weighted by atomic mass is 79.9. The van der Waals surface area contributed by atoms with Crippen LogP contribution in [0, 0.1) is 0 Å². The van der Waals surface area contributed by atoms with Crippen LogP contribution >= 0.6 is 15.9 Å². The third-order valence-corrected chi connectivity index (χ3v) is 5.93. The normalized spacial score (nSPS) is 14.7. The topological polar surface area (TPSA) is 35.0 Å². The highest BCUT2D eigenvalue weighted by molar-refractivity contribution is 9.10. The fourth-order valence-electron chi connectivity index (χ4n) is 4.53. The van der Waals surface area contributed by atoms with E-state index in [4.69, 9.17) is 14.7 Å². The molecule has 2 aromatic carbocycles. The number of fused-ring (bicyclic) bond motifs is 9. The zero-order valence-corrected chi connectivity index (χ0v) is 15.8. The molecule has 3 heterocycles. The van der Waals surface area contributed by atoms with Gasteiger partial charge in [0.1, 0.15) is 11.5 Å². The Hall–Kier alpha value is -2.98. The Morgan fingerprint density at radius 3 is 2.07 bits per heavy atom. The van der Waals surface area contributed by atoms with Crippen molar-refractivity contribution in [3.05, 3.63) is 106 Å². The second-order valence-electron chi connectivity index (χ2n) is 6.79. The van der Waals surface area contributed by atoms with E-state index in [1.807, 2.05) is 42.7 Å². The van der Waals surface area contributed by atoms with Crippen LogP contribution < -0.4 is 4.74 Å². The number of nitrogens with zero attached hydrogens (tertiary/aromatic N) is 2. The van der Waals surface area contributed by atoms with Gasteiger partial charge in [0.05, 0.1) is 16.8 Å². The average Bonchev–Trinajstić information content (AvgIpc) is 2.99. The number of para-hydroxylation sites is 2. The molecule has 0 fully saturated rings. The molecule has 6 rings (SSSR count). The number of benzene rings is 2. The van der Waals surface area contributed by atoms with Crippen molar-refractivity contribution in [2.45, 2.75) is 5.41 Å². The van der Waals surface area contributed by atoms with Gasteiger partial charge in [-0.05, 0) is 45.8 Å². The highest BCUT2D eigenvalue weighted by Crippen LogP contribution is 2.61. The highest BCUT2D eigenvalue weighted by Gasteiger charge is 2.52. The lowest BCUT2D eigenvalue weighted by atomic mass is 9.66. The summed E-state index contributed by atoms with van der Waals surface area (Å²) in [5, 5.41) is 0. The predicted octanol–water partition coefficient (Wildman–Crippen LogP) is 5.71. The first-order chi connectivity index (χ1) is 13.3. The first-order valence-electron chi connectivity index (χ1n) is 8.79. The average molecular weight is 413 g/mol. The first kappa shape index (κ1) is 15.1. The summed E-state index contributed by atoms with van der Waals surface area (Å²) in [6.45, 7) is 0. The second kappa shape index (κ2) is 5.27. The van der Waals surface area contributed by atoms with E-state index in [-0.39, 0.29) is 0 Å². The van der Waals surface area contributed by atoms with Crippen molar-refractivity contribution in [3.8, 4) is 22.9 Å². The van der Waals surface area contributed by atoms with Gasteiger partial charge in [0, 0.05) is 33.6 Å². The van der Waals surface area contributed by atoms with Gasteiger partial charge in [0.25, 0.3) is 0 Å². The SMILES string of the molecule is Brc1cnc2c(c1)C1(c3ccccc3Oc3ccccc31)c1cccnc1-2. The Balaban J connectivity index is 1.87. The Kier molecular flexibility index (Phi) is 2.95. The van der Waals surface area contributed by atoms with E-state index >= 15 is 0 Å². The largest absolute Gasteiger partial charge is 0.457 e. The summed E-state index contributed by atoms with van der Waals surface area (Å²) in [6.07, 6.45) is 3.68. The molecule has 0 radical (unpaired) electrons. The van der Waals surface area contributed by atoms with Crippen LogP contribution in [0.2, 0.25) is 0 Å². The van der Waals surface area contributed by atoms with Gasteiger partial charge >= 0.3 is 0 Å². The molecule has 0 bridgehead atoms. The molecule has 2 aromatic heterocycles. The van der Waals surface area contributed by atoms with Crippen LogP contribution in [0.3, 0.4) is 0 Å². The molecular formula is C23H13BrN2O. The van der Waals surface area contributed by atoms with Crippen LogP contribution in [-0.2, 0) is 5.41 Å². The third kappa shape index (κ3) is 1.81. The Bertz CT molecular complexity index is 1190. The molecule has 4 aromatic rings. The number of hydrogen-bond donors (Lipinski definition) is 0. The van der Waals surface area contributed by atoms with E-state index in [9.17, 15) is 0 Å². The van der Waals surface area contributed by atoms with Gasteiger partial charge in [0.2, 0.25) is 0 Å². The number of rotatable bonds is 0. The van der Waals surface area contributed by atoms with Gasteiger partial charge in [-0.2, -0.15) is 0 Å². The molecule has 1 aliphatic carbocycles. The summed E-state index contributed by atoms with van der Waals surface area (Å²) in [5.41, 5.74) is 5.91. The molecule has 0 atom stereocenters. The number of hydrogen-bond acceptors (Lipinski definition) is 3. The van der Waals surface area contributed by atoms with Gasteiger partial charge < -0.3 is 4.74 Å². The van der Waals surface area contributed by atoms with E-state index in [0.717, 1.165) is 49.6 Å². The molecule has 2 aliphatic rings. The van der Waals surface area contributed by atoms with E-state index in [2.05, 4.69) is 52.3 Å². The molecular weight excluding hydrogens is 400 g/mol. The zero-order valence-electron chi connectivity index (χ0n) is 14.2. The summed E-state index contributed by atoms with van der Waals surface area (Å²) >= 11 is 3.63. The molecule has 4 heteroatoms. The van der Waals surface area contributed by atoms with Crippen LogP contribution in [0.4, 0.5) is 0 Å². The lowest BCUT2D eigenvalue weighted by molar-refractivity contribution is 0.436. The smallest absolute Gasteiger partial charge is 0.132 e. The van der Waals surface area contributed by atoms with Crippen LogP contribution in [0.1, 0.15) is 22.3 Å². The molecule has 27 heavy (non-hydrogen) atoms. The van der Waals surface area contributed by atoms with Crippen LogP contribution in [0.5, 0.6) is 11.5 Å². The summed E-state index contributed by atoms with van der Waals surface area (Å²) in [7, 11) is 0. The number of ether oxygens (including phenoxy) is 1. The minimum Gasteiger partial charge on any atom is -0.457 e. The van der Waals surface area contributed by atoms with E-state index < -0.39 is 5.41 Å². The van der Waals surface area contributed by atoms with Crippen molar-refractivity contribution < 1.29 is 4.74 Å². The van der Waals surface area contributed by atoms with Gasteiger partial charge in [-0.25, -0.2) is 0 Å². The first-order valence-corrected chi connectivity index (χ1v) is 9.58. The Morgan fingerprint density at radius 1 is 0.704 bits per heavy atom. The standard InChI is InChI=1S/C23H13BrN2O/c24-14-12-18-22(26-13-14)21-17(8-5-11-25-21)23(18)15-6-1-3-9-19(15)27-20-10-4-2-7-16(20)23/h1-13H. The summed E-state index contributed by atoms with van der Waals surface area (Å²) in [4.78, 5) is 9.45. The number of aromatic nitrogens is 2. The lowest BCUT2D eigenvalue weighted by Gasteiger charge is -2.38. The Labute approximate surface area is 164 Å². The molecule has 3 nitrogen and oxygen atoms in total. The van der Waals surface area contributed by atoms with Gasteiger partial charge in [0.15, 0.2) is 0 Å². The molecule has 0 unspecified atom stereocenters. The van der Waals surface area contributed by atoms with Crippen molar-refractivity contribution in [1.82, 2.24) is 9.97 Å². The second-order valence-corrected chi connectivity index (χ2v) is 7.71. The molecule has 1 spiro atoms. The predicted molar refractivity (Wildman–Crippen MR) is 107 cm³/mol. The molecule has 0 N–H and O–H groups in total. The van der Waals surface area contributed by atoms with Gasteiger partial charge in [-0.15, -0.1) is 0 Å². The number of halogens is 1.